The van der Waals surface area contributed by atoms with Gasteiger partial charge in [0.15, 0.2) is 0 Å². The largest absolute Gasteiger partial charge is 0.372 e. The second-order valence-corrected chi connectivity index (χ2v) is 11.9. The Bertz CT molecular complexity index is 1560. The highest BCUT2D eigenvalue weighted by molar-refractivity contribution is 6.07. The van der Waals surface area contributed by atoms with Gasteiger partial charge in [-0.1, -0.05) is 0 Å². The van der Waals surface area contributed by atoms with E-state index in [-0.39, 0.29) is 41.1 Å². The molecule has 0 aliphatic carbocycles. The Kier molecular flexibility index (Phi) is 8.98. The van der Waals surface area contributed by atoms with E-state index in [2.05, 4.69) is 34.0 Å². The molecule has 44 heavy (non-hydrogen) atoms. The number of amides is 1. The van der Waals surface area contributed by atoms with E-state index >= 15 is 4.39 Å². The molecule has 4 atom stereocenters. The number of pyridine rings is 1. The van der Waals surface area contributed by atoms with Crippen molar-refractivity contribution >= 4 is 23.2 Å². The predicted octanol–water partition coefficient (Wildman–Crippen LogP) is 4.31. The molecule has 0 spiro atoms. The number of likely N-dealkylation sites (N-methyl/N-ethyl adjacent to an activating group) is 1. The Morgan fingerprint density at radius 2 is 1.57 bits per heavy atom. The van der Waals surface area contributed by atoms with Crippen LogP contribution in [-0.2, 0) is 11.8 Å². The molecule has 0 unspecified atom stereocenters. The van der Waals surface area contributed by atoms with Crippen molar-refractivity contribution in [3.8, 4) is 11.1 Å². The van der Waals surface area contributed by atoms with Crippen molar-refractivity contribution < 1.29 is 22.7 Å². The summed E-state index contributed by atoms with van der Waals surface area (Å²) in [6.07, 6.45) is 1.12. The van der Waals surface area contributed by atoms with Gasteiger partial charge < -0.3 is 24.4 Å². The van der Waals surface area contributed by atoms with Crippen molar-refractivity contribution in [2.45, 2.75) is 58.4 Å². The molecular weight excluding hydrogens is 575 g/mol. The molecule has 2 aromatic heterocycles. The van der Waals surface area contributed by atoms with Gasteiger partial charge in [-0.05, 0) is 46.9 Å². The topological polar surface area (TPSA) is 95.8 Å². The maximum atomic E-state index is 15.9. The minimum atomic E-state index is -3.04. The highest BCUT2D eigenvalue weighted by atomic mass is 19.3. The van der Waals surface area contributed by atoms with Gasteiger partial charge in [0.05, 0.1) is 29.1 Å². The summed E-state index contributed by atoms with van der Waals surface area (Å²) in [5.41, 5.74) is -0.491. The number of nitrogens with zero attached hydrogens (tertiary/aromatic N) is 6. The molecule has 2 aliphatic rings. The van der Waals surface area contributed by atoms with Crippen LogP contribution in [0.3, 0.4) is 0 Å². The summed E-state index contributed by atoms with van der Waals surface area (Å²) < 4.78 is 50.4. The van der Waals surface area contributed by atoms with Crippen LogP contribution in [0.4, 0.5) is 30.5 Å². The molecule has 2 fully saturated rings. The van der Waals surface area contributed by atoms with E-state index in [0.717, 1.165) is 16.8 Å². The number of aryl methyl sites for hydroxylation is 1. The van der Waals surface area contributed by atoms with Gasteiger partial charge >= 0.3 is 0 Å². The van der Waals surface area contributed by atoms with Gasteiger partial charge in [-0.15, -0.1) is 0 Å². The minimum Gasteiger partial charge on any atom is -0.372 e. The van der Waals surface area contributed by atoms with E-state index in [0.29, 0.717) is 43.4 Å². The number of alkyl halides is 2. The van der Waals surface area contributed by atoms with Crippen molar-refractivity contribution in [1.29, 1.82) is 0 Å². The lowest BCUT2D eigenvalue weighted by molar-refractivity contribution is -0.00572. The predicted molar refractivity (Wildman–Crippen MR) is 163 cm³/mol. The number of halogens is 3. The molecule has 0 bridgehead atoms. The number of hydrogen-bond acceptors (Lipinski definition) is 8. The summed E-state index contributed by atoms with van der Waals surface area (Å²) in [6.45, 7) is 10.4. The second-order valence-electron chi connectivity index (χ2n) is 11.9. The summed E-state index contributed by atoms with van der Waals surface area (Å²) in [5.74, 6) is -0.888. The number of piperazine rings is 1. The average molecular weight is 614 g/mol. The van der Waals surface area contributed by atoms with Crippen molar-refractivity contribution in [2.24, 2.45) is 7.05 Å². The summed E-state index contributed by atoms with van der Waals surface area (Å²) in [4.78, 5) is 40.7. The molecule has 1 amide bonds. The van der Waals surface area contributed by atoms with Crippen LogP contribution in [0.5, 0.6) is 0 Å². The first-order valence-corrected chi connectivity index (χ1v) is 14.7. The molecule has 236 valence electrons. The van der Waals surface area contributed by atoms with Gasteiger partial charge in [0, 0.05) is 86.7 Å². The molecule has 2 aliphatic heterocycles. The zero-order chi connectivity index (χ0) is 31.9. The third-order valence-corrected chi connectivity index (χ3v) is 8.43. The molecule has 1 aromatic carbocycles. The van der Waals surface area contributed by atoms with Gasteiger partial charge in [0.2, 0.25) is 5.95 Å². The number of hydrogen-bond donors (Lipinski definition) is 1. The summed E-state index contributed by atoms with van der Waals surface area (Å²) in [6, 6.07) is 3.85. The van der Waals surface area contributed by atoms with Crippen LogP contribution in [0, 0.1) is 5.82 Å². The number of carbonyl (C=O) groups is 1. The van der Waals surface area contributed by atoms with Crippen LogP contribution in [-0.4, -0.2) is 82.9 Å². The van der Waals surface area contributed by atoms with E-state index in [4.69, 9.17) is 4.74 Å². The van der Waals surface area contributed by atoms with Crippen LogP contribution < -0.4 is 20.7 Å². The lowest BCUT2D eigenvalue weighted by Gasteiger charge is -2.44. The Morgan fingerprint density at radius 3 is 2.16 bits per heavy atom. The molecule has 13 heteroatoms. The normalized spacial score (nSPS) is 22.9. The summed E-state index contributed by atoms with van der Waals surface area (Å²) >= 11 is 0. The van der Waals surface area contributed by atoms with E-state index < -0.39 is 29.3 Å². The maximum absolute atomic E-state index is 15.9. The first kappa shape index (κ1) is 31.5. The van der Waals surface area contributed by atoms with Crippen molar-refractivity contribution in [3.05, 3.63) is 64.1 Å². The van der Waals surface area contributed by atoms with Crippen molar-refractivity contribution in [1.82, 2.24) is 19.4 Å². The molecule has 0 saturated carbocycles. The number of anilines is 3. The molecule has 3 aromatic rings. The first-order valence-electron chi connectivity index (χ1n) is 14.7. The van der Waals surface area contributed by atoms with Crippen LogP contribution in [0.1, 0.15) is 50.0 Å². The zero-order valence-electron chi connectivity index (χ0n) is 25.7. The van der Waals surface area contributed by atoms with E-state index in [1.807, 2.05) is 30.7 Å². The number of benzene rings is 1. The van der Waals surface area contributed by atoms with Crippen LogP contribution in [0.2, 0.25) is 0 Å². The third kappa shape index (κ3) is 6.43. The van der Waals surface area contributed by atoms with Gasteiger partial charge in [-0.3, -0.25) is 14.5 Å². The minimum absolute atomic E-state index is 0.0100. The van der Waals surface area contributed by atoms with E-state index in [1.54, 1.807) is 0 Å². The van der Waals surface area contributed by atoms with Gasteiger partial charge in [0.25, 0.3) is 17.9 Å². The SMILES string of the molecule is C[C@@H]1CN(c2ncc(-c3cc(NC(=O)c4cn(C)c(=O)cc4C(F)F)c(N4C[C@@H](C)N(C)[C@@H](C)C4)cc3F)cn2)C[C@H](C)O1. The molecule has 2 saturated heterocycles. The zero-order valence-corrected chi connectivity index (χ0v) is 25.7. The highest BCUT2D eigenvalue weighted by Crippen LogP contribution is 2.36. The maximum Gasteiger partial charge on any atom is 0.264 e. The number of carbonyl (C=O) groups excluding carboxylic acids is 1. The Morgan fingerprint density at radius 1 is 0.955 bits per heavy atom. The molecule has 10 nitrogen and oxygen atoms in total. The Hall–Kier alpha value is -3.97. The van der Waals surface area contributed by atoms with Gasteiger partial charge in [-0.25, -0.2) is 23.1 Å². The smallest absolute Gasteiger partial charge is 0.264 e. The van der Waals surface area contributed by atoms with Crippen LogP contribution in [0.15, 0.2) is 41.6 Å². The van der Waals surface area contributed by atoms with E-state index in [1.165, 1.54) is 31.6 Å². The summed E-state index contributed by atoms with van der Waals surface area (Å²) in [5, 5.41) is 2.74. The fourth-order valence-electron chi connectivity index (χ4n) is 5.92. The van der Waals surface area contributed by atoms with Crippen molar-refractivity contribution in [2.75, 3.05) is 48.3 Å². The molecule has 0 radical (unpaired) electrons. The average Bonchev–Trinajstić information content (AvgIpc) is 2.97. The highest BCUT2D eigenvalue weighted by Gasteiger charge is 2.30. The number of ether oxygens (including phenoxy) is 1. The third-order valence-electron chi connectivity index (χ3n) is 8.43. The number of morpholine rings is 1. The standard InChI is InChI=1S/C31H38F3N7O3/c1-17-12-40(13-18(2)39(17)6)27-9-25(32)22(21-10-35-31(36-11-21)41-14-19(3)44-20(4)15-41)7-26(27)37-30(43)24-16-38(5)28(42)8-23(24)29(33)34/h7-11,16-20,29H,12-15H2,1-6H3,(H,37,43)/t17-,18+,19-,20+. The van der Waals surface area contributed by atoms with Crippen LogP contribution >= 0.6 is 0 Å². The lowest BCUT2D eigenvalue weighted by Crippen LogP contribution is -2.55. The number of aromatic nitrogens is 3. The van der Waals surface area contributed by atoms with Gasteiger partial charge in [0.1, 0.15) is 5.82 Å². The van der Waals surface area contributed by atoms with Gasteiger partial charge in [-0.2, -0.15) is 0 Å². The number of rotatable bonds is 6. The number of nitrogens with one attached hydrogen (secondary N) is 1. The monoisotopic (exact) mass is 613 g/mol. The quantitative estimate of drug-likeness (QED) is 0.440. The summed E-state index contributed by atoms with van der Waals surface area (Å²) in [7, 11) is 3.40. The fourth-order valence-corrected chi connectivity index (χ4v) is 5.92. The second kappa shape index (κ2) is 12.6. The molecule has 1 N–H and O–H groups in total. The Balaban J connectivity index is 1.54. The van der Waals surface area contributed by atoms with Crippen LogP contribution in [0.25, 0.3) is 11.1 Å². The lowest BCUT2D eigenvalue weighted by atomic mass is 10.0. The fraction of sp³-hybridized carbons (Fsp3) is 0.484. The van der Waals surface area contributed by atoms with Crippen molar-refractivity contribution in [3.63, 3.8) is 0 Å². The first-order chi connectivity index (χ1) is 20.8. The van der Waals surface area contributed by atoms with E-state index in [9.17, 15) is 18.4 Å². The Labute approximate surface area is 254 Å². The molecule has 5 rings (SSSR count). The molecular formula is C31H38F3N7O3. The molecule has 4 heterocycles.